The van der Waals surface area contributed by atoms with E-state index in [1.807, 2.05) is 17.4 Å². The number of benzene rings is 5. The van der Waals surface area contributed by atoms with Gasteiger partial charge in [0.1, 0.15) is 11.7 Å². The van der Waals surface area contributed by atoms with Crippen LogP contribution in [0, 0.1) is 0 Å². The summed E-state index contributed by atoms with van der Waals surface area (Å²) in [6, 6.07) is 43.0. The Hall–Kier alpha value is -5.26. The third-order valence-electron chi connectivity index (χ3n) is 9.07. The van der Waals surface area contributed by atoms with Crippen LogP contribution in [0.1, 0.15) is 34.9 Å². The van der Waals surface area contributed by atoms with Crippen molar-refractivity contribution in [1.29, 1.82) is 0 Å². The van der Waals surface area contributed by atoms with Gasteiger partial charge in [-0.05, 0) is 59.2 Å². The molecule has 216 valence electrons. The molecule has 0 spiro atoms. The van der Waals surface area contributed by atoms with Crippen LogP contribution in [0.15, 0.2) is 137 Å². The zero-order valence-electron chi connectivity index (χ0n) is 24.9. The van der Waals surface area contributed by atoms with E-state index in [2.05, 4.69) is 144 Å². The van der Waals surface area contributed by atoms with Crippen molar-refractivity contribution in [2.45, 2.75) is 25.6 Å². The first-order valence-corrected chi connectivity index (χ1v) is 16.3. The van der Waals surface area contributed by atoms with Gasteiger partial charge >= 0.3 is 0 Å². The van der Waals surface area contributed by atoms with Gasteiger partial charge in [-0.3, -0.25) is 4.57 Å². The fourth-order valence-corrected chi connectivity index (χ4v) is 8.30. The zero-order chi connectivity index (χ0) is 30.0. The van der Waals surface area contributed by atoms with Crippen molar-refractivity contribution >= 4 is 61.0 Å². The summed E-state index contributed by atoms with van der Waals surface area (Å²) in [5.74, 6) is 0.692. The summed E-state index contributed by atoms with van der Waals surface area (Å²) in [4.78, 5) is 12.3. The SMILES string of the molecule is CC1(n2c3ccccc3c3ccc(-c4ccccc4)cc32)N=C(c2ccccc2)NC(c2cccc3c4c(sc23)C=CCC4)=N1. The third kappa shape index (κ3) is 4.19. The standard InChI is InChI=1S/C40H30N4S/c1-40(44-34-21-10-8-17-29(34)30-24-23-28(25-35(30)44)26-13-4-2-5-14-26)42-38(27-15-6-3-7-16-27)41-39(43-40)33-20-12-19-32-31-18-9-11-22-36(31)45-37(32)33/h2-8,10-17,19-25H,9,18H2,1H3,(H,41,42,43). The minimum Gasteiger partial charge on any atom is -0.324 e. The molecule has 7 aromatic rings. The Kier molecular flexibility index (Phi) is 5.90. The average molecular weight is 599 g/mol. The molecule has 2 aromatic heterocycles. The Balaban J connectivity index is 1.32. The number of nitrogens with one attached hydrogen (secondary N) is 1. The molecular formula is C40H30N4S. The van der Waals surface area contributed by atoms with E-state index in [1.54, 1.807) is 0 Å². The van der Waals surface area contributed by atoms with E-state index in [-0.39, 0.29) is 0 Å². The van der Waals surface area contributed by atoms with E-state index in [1.165, 1.54) is 42.4 Å². The molecule has 1 N–H and O–H groups in total. The second-order valence-corrected chi connectivity index (χ2v) is 13.0. The summed E-state index contributed by atoms with van der Waals surface area (Å²) >= 11 is 1.87. The quantitative estimate of drug-likeness (QED) is 0.215. The highest BCUT2D eigenvalue weighted by Crippen LogP contribution is 2.41. The number of amidine groups is 2. The van der Waals surface area contributed by atoms with Gasteiger partial charge < -0.3 is 5.32 Å². The van der Waals surface area contributed by atoms with Gasteiger partial charge in [0.15, 0.2) is 0 Å². The van der Waals surface area contributed by atoms with Crippen LogP contribution in [0.2, 0.25) is 0 Å². The highest BCUT2D eigenvalue weighted by molar-refractivity contribution is 7.20. The number of thiophene rings is 1. The Morgan fingerprint density at radius 3 is 2.22 bits per heavy atom. The molecule has 0 amide bonds. The molecule has 1 atom stereocenters. The smallest absolute Gasteiger partial charge is 0.232 e. The summed E-state index contributed by atoms with van der Waals surface area (Å²) < 4.78 is 3.60. The lowest BCUT2D eigenvalue weighted by Crippen LogP contribution is -2.43. The normalized spacial score (nSPS) is 17.7. The molecule has 5 aromatic carbocycles. The Morgan fingerprint density at radius 2 is 1.38 bits per heavy atom. The molecule has 1 aliphatic carbocycles. The van der Waals surface area contributed by atoms with Crippen LogP contribution in [-0.4, -0.2) is 16.2 Å². The molecule has 45 heavy (non-hydrogen) atoms. The van der Waals surface area contributed by atoms with Crippen LogP contribution in [0.25, 0.3) is 49.1 Å². The lowest BCUT2D eigenvalue weighted by Gasteiger charge is -2.32. The van der Waals surface area contributed by atoms with E-state index in [4.69, 9.17) is 9.98 Å². The number of aryl methyl sites for hydroxylation is 1. The number of para-hydroxylation sites is 1. The van der Waals surface area contributed by atoms with Gasteiger partial charge in [-0.2, -0.15) is 0 Å². The van der Waals surface area contributed by atoms with E-state index < -0.39 is 5.79 Å². The molecule has 0 saturated carbocycles. The van der Waals surface area contributed by atoms with E-state index >= 15 is 0 Å². The van der Waals surface area contributed by atoms with Gasteiger partial charge in [0, 0.05) is 38.4 Å². The van der Waals surface area contributed by atoms with Crippen molar-refractivity contribution in [2.24, 2.45) is 9.98 Å². The predicted molar refractivity (Wildman–Crippen MR) is 190 cm³/mol. The average Bonchev–Trinajstić information content (AvgIpc) is 3.65. The maximum atomic E-state index is 5.53. The lowest BCUT2D eigenvalue weighted by molar-refractivity contribution is 0.371. The fourth-order valence-electron chi connectivity index (χ4n) is 7.00. The molecular weight excluding hydrogens is 569 g/mol. The number of nitrogens with zero attached hydrogens (tertiary/aromatic N) is 3. The minimum atomic E-state index is -0.957. The first kappa shape index (κ1) is 26.2. The van der Waals surface area contributed by atoms with Crippen molar-refractivity contribution in [2.75, 3.05) is 0 Å². The Bertz CT molecular complexity index is 2360. The number of aromatic nitrogens is 1. The van der Waals surface area contributed by atoms with Gasteiger partial charge in [-0.25, -0.2) is 9.98 Å². The van der Waals surface area contributed by atoms with Gasteiger partial charge in [0.25, 0.3) is 0 Å². The van der Waals surface area contributed by atoms with Gasteiger partial charge in [0.2, 0.25) is 5.79 Å². The van der Waals surface area contributed by atoms with Crippen LogP contribution < -0.4 is 5.32 Å². The highest BCUT2D eigenvalue weighted by atomic mass is 32.1. The van der Waals surface area contributed by atoms with Crippen LogP contribution in [-0.2, 0) is 12.2 Å². The van der Waals surface area contributed by atoms with Crippen molar-refractivity contribution in [1.82, 2.24) is 9.88 Å². The second kappa shape index (κ2) is 10.1. The lowest BCUT2D eigenvalue weighted by atomic mass is 9.99. The summed E-state index contributed by atoms with van der Waals surface area (Å²) in [7, 11) is 0. The maximum Gasteiger partial charge on any atom is 0.232 e. The number of aliphatic imine (C=N–C) groups is 2. The van der Waals surface area contributed by atoms with Crippen molar-refractivity contribution in [3.05, 3.63) is 149 Å². The second-order valence-electron chi connectivity index (χ2n) is 11.9. The first-order valence-electron chi connectivity index (χ1n) is 15.5. The monoisotopic (exact) mass is 598 g/mol. The summed E-state index contributed by atoms with van der Waals surface area (Å²) in [6.45, 7) is 2.14. The fraction of sp³-hybridized carbons (Fsp3) is 0.100. The van der Waals surface area contributed by atoms with Crippen molar-refractivity contribution in [3.63, 3.8) is 0 Å². The van der Waals surface area contributed by atoms with E-state index in [9.17, 15) is 0 Å². The first-order chi connectivity index (χ1) is 22.2. The number of allylic oxidation sites excluding steroid dienone is 1. The summed E-state index contributed by atoms with van der Waals surface area (Å²) in [5.41, 5.74) is 8.16. The summed E-state index contributed by atoms with van der Waals surface area (Å²) in [5, 5.41) is 7.40. The Labute approximate surface area is 265 Å². The summed E-state index contributed by atoms with van der Waals surface area (Å²) in [6.07, 6.45) is 6.74. The third-order valence-corrected chi connectivity index (χ3v) is 10.3. The van der Waals surface area contributed by atoms with Crippen LogP contribution >= 0.6 is 11.3 Å². The molecule has 0 radical (unpaired) electrons. The molecule has 1 aliphatic heterocycles. The predicted octanol–water partition coefficient (Wildman–Crippen LogP) is 9.76. The molecule has 5 heteroatoms. The molecule has 2 aliphatic rings. The van der Waals surface area contributed by atoms with Gasteiger partial charge in [-0.15, -0.1) is 11.3 Å². The molecule has 4 nitrogen and oxygen atoms in total. The number of hydrogen-bond acceptors (Lipinski definition) is 4. The molecule has 0 saturated heterocycles. The minimum absolute atomic E-state index is 0.812. The largest absolute Gasteiger partial charge is 0.324 e. The van der Waals surface area contributed by atoms with Crippen LogP contribution in [0.4, 0.5) is 0 Å². The topological polar surface area (TPSA) is 41.7 Å². The molecule has 0 fully saturated rings. The maximum absolute atomic E-state index is 5.53. The molecule has 1 unspecified atom stereocenters. The van der Waals surface area contributed by atoms with E-state index in [0.29, 0.717) is 0 Å². The van der Waals surface area contributed by atoms with Crippen LogP contribution in [0.5, 0.6) is 0 Å². The molecule has 9 rings (SSSR count). The van der Waals surface area contributed by atoms with E-state index in [0.717, 1.165) is 46.7 Å². The number of hydrogen-bond donors (Lipinski definition) is 1. The molecule has 0 bridgehead atoms. The highest BCUT2D eigenvalue weighted by Gasteiger charge is 2.35. The van der Waals surface area contributed by atoms with Gasteiger partial charge in [0.05, 0.1) is 11.0 Å². The number of rotatable bonds is 4. The van der Waals surface area contributed by atoms with Gasteiger partial charge in [-0.1, -0.05) is 109 Å². The van der Waals surface area contributed by atoms with Crippen molar-refractivity contribution in [3.8, 4) is 11.1 Å². The van der Waals surface area contributed by atoms with Crippen LogP contribution in [0.3, 0.4) is 0 Å². The Morgan fingerprint density at radius 1 is 0.667 bits per heavy atom. The van der Waals surface area contributed by atoms with Crippen molar-refractivity contribution < 1.29 is 0 Å². The molecule has 3 heterocycles. The zero-order valence-corrected chi connectivity index (χ0v) is 25.7. The number of fused-ring (bicyclic) bond motifs is 6.